The molecule has 0 saturated carbocycles. The summed E-state index contributed by atoms with van der Waals surface area (Å²) in [4.78, 5) is 60.2. The van der Waals surface area contributed by atoms with Crippen molar-refractivity contribution >= 4 is 130 Å². The van der Waals surface area contributed by atoms with Gasteiger partial charge >= 0.3 is 0 Å². The first-order valence-corrected chi connectivity index (χ1v) is 23.3. The zero-order chi connectivity index (χ0) is 39.3. The van der Waals surface area contributed by atoms with Gasteiger partial charge in [0.05, 0.1) is 10.2 Å². The van der Waals surface area contributed by atoms with Gasteiger partial charge < -0.3 is 0 Å². The molecule has 11 heterocycles. The molecule has 0 aliphatic heterocycles. The van der Waals surface area contributed by atoms with Crippen LogP contribution in [0.5, 0.6) is 0 Å². The van der Waals surface area contributed by atoms with Gasteiger partial charge in [0.25, 0.3) is 0 Å². The Balaban J connectivity index is 1.32. The summed E-state index contributed by atoms with van der Waals surface area (Å²) in [5, 5.41) is 4.60. The highest BCUT2D eigenvalue weighted by atomic mass is 32.1. The minimum absolute atomic E-state index is 0.755. The number of thiazole rings is 6. The van der Waals surface area contributed by atoms with Crippen LogP contribution >= 0.6 is 68.0 Å². The van der Waals surface area contributed by atoms with E-state index in [1.54, 1.807) is 29.9 Å². The molecule has 0 unspecified atom stereocenters. The van der Waals surface area contributed by atoms with Crippen LogP contribution in [0.15, 0.2) is 116 Å². The van der Waals surface area contributed by atoms with Crippen molar-refractivity contribution in [2.75, 3.05) is 0 Å². The highest BCUT2D eigenvalue weighted by Crippen LogP contribution is 2.59. The third-order valence-corrected chi connectivity index (χ3v) is 15.9. The third-order valence-electron chi connectivity index (χ3n) is 9.91. The molecule has 13 aromatic rings. The summed E-state index contributed by atoms with van der Waals surface area (Å²) in [7, 11) is 0. The second-order valence-electron chi connectivity index (χ2n) is 13.5. The average molecular weight is 882 g/mol. The Labute approximate surface area is 361 Å². The van der Waals surface area contributed by atoms with Crippen LogP contribution < -0.4 is 0 Å². The summed E-state index contributed by atoms with van der Waals surface area (Å²) in [5.74, 6) is 0. The SMILES string of the molecule is c1ccc2sc(-c3c(-c4nc5cccnc5s4)c(-c4nc5cccnc5s4)c(-c4nc5cccnc5s4)c(-c4nc5cccnc5s4)c3-c3nc4cccnc4s3)nc2c1. The maximum atomic E-state index is 5.41. The first-order valence-electron chi connectivity index (χ1n) is 18.4. The van der Waals surface area contributed by atoms with Crippen molar-refractivity contribution in [1.82, 2.24) is 54.8 Å². The maximum absolute atomic E-state index is 5.41. The summed E-state index contributed by atoms with van der Waals surface area (Å²) in [6.07, 6.45) is 9.03. The van der Waals surface area contributed by atoms with Gasteiger partial charge in [-0.3, -0.25) is 0 Å². The zero-order valence-electron chi connectivity index (χ0n) is 30.3. The van der Waals surface area contributed by atoms with Crippen molar-refractivity contribution in [3.8, 4) is 63.4 Å². The van der Waals surface area contributed by atoms with E-state index in [1.165, 1.54) is 56.7 Å². The van der Waals surface area contributed by atoms with Crippen molar-refractivity contribution < 1.29 is 0 Å². The number of hydrogen-bond acceptors (Lipinski definition) is 17. The zero-order valence-corrected chi connectivity index (χ0v) is 35.2. The van der Waals surface area contributed by atoms with E-state index >= 15 is 0 Å². The van der Waals surface area contributed by atoms with E-state index in [4.69, 9.17) is 54.8 Å². The predicted octanol–water partition coefficient (Wildman–Crippen LogP) is 12.3. The number of aromatic nitrogens is 11. The molecule has 0 spiro atoms. The van der Waals surface area contributed by atoms with Crippen LogP contribution in [0.2, 0.25) is 0 Å². The molecule has 60 heavy (non-hydrogen) atoms. The molecule has 0 fully saturated rings. The largest absolute Gasteiger partial charge is 0.244 e. The quantitative estimate of drug-likeness (QED) is 0.157. The Morgan fingerprint density at radius 3 is 0.783 bits per heavy atom. The number of rotatable bonds is 6. The molecule has 11 aromatic heterocycles. The van der Waals surface area contributed by atoms with E-state index in [0.717, 1.165) is 125 Å². The van der Waals surface area contributed by atoms with Crippen molar-refractivity contribution in [1.29, 1.82) is 0 Å². The Kier molecular flexibility index (Phi) is 7.76. The minimum Gasteiger partial charge on any atom is -0.244 e. The van der Waals surface area contributed by atoms with Crippen molar-refractivity contribution in [2.24, 2.45) is 0 Å². The molecular weight excluding hydrogens is 863 g/mol. The van der Waals surface area contributed by atoms with E-state index in [-0.39, 0.29) is 0 Å². The Morgan fingerprint density at radius 1 is 0.250 bits per heavy atom. The molecule has 17 heteroatoms. The van der Waals surface area contributed by atoms with Gasteiger partial charge in [-0.2, -0.15) is 0 Å². The van der Waals surface area contributed by atoms with Gasteiger partial charge in [0, 0.05) is 64.4 Å². The van der Waals surface area contributed by atoms with Crippen LogP contribution in [0.25, 0.3) is 125 Å². The lowest BCUT2D eigenvalue weighted by Crippen LogP contribution is -2.01. The smallest absolute Gasteiger partial charge is 0.143 e. The fourth-order valence-corrected chi connectivity index (χ4v) is 13.2. The highest BCUT2D eigenvalue weighted by molar-refractivity contribution is 7.25. The molecule has 0 atom stereocenters. The van der Waals surface area contributed by atoms with Gasteiger partial charge in [-0.25, -0.2) is 54.8 Å². The fourth-order valence-electron chi connectivity index (χ4n) is 7.40. The number of para-hydroxylation sites is 1. The van der Waals surface area contributed by atoms with Crippen LogP contribution in [0.1, 0.15) is 0 Å². The van der Waals surface area contributed by atoms with Crippen LogP contribution in [0.3, 0.4) is 0 Å². The van der Waals surface area contributed by atoms with E-state index in [2.05, 4.69) is 12.1 Å². The fraction of sp³-hybridized carbons (Fsp3) is 0. The topological polar surface area (TPSA) is 142 Å². The van der Waals surface area contributed by atoms with Crippen LogP contribution in [-0.4, -0.2) is 54.8 Å². The molecule has 0 aliphatic carbocycles. The second kappa shape index (κ2) is 13.5. The van der Waals surface area contributed by atoms with Gasteiger partial charge in [-0.15, -0.1) is 11.3 Å². The lowest BCUT2D eigenvalue weighted by molar-refractivity contribution is 1.37. The van der Waals surface area contributed by atoms with Crippen LogP contribution in [0, 0.1) is 0 Å². The first-order chi connectivity index (χ1) is 29.7. The standard InChI is InChI=1S/C43H19N11S6/c1-2-14-26-20(8-1)49-38(55-26)27-28(39-50-21-9-3-15-44-33(21)56-39)30(41-52-23-11-5-17-46-35(23)58-41)32(43-54-25-13-7-19-48-37(25)60-43)31(42-53-24-12-6-18-47-36(24)59-42)29(27)40-51-22-10-4-16-45-34(22)57-40/h1-19H. The molecule has 11 nitrogen and oxygen atoms in total. The summed E-state index contributed by atoms with van der Waals surface area (Å²) < 4.78 is 1.05. The minimum atomic E-state index is 0.755. The second-order valence-corrected chi connectivity index (χ2v) is 19.4. The Morgan fingerprint density at radius 2 is 0.500 bits per heavy atom. The first kappa shape index (κ1) is 34.4. The monoisotopic (exact) mass is 881 g/mol. The third kappa shape index (κ3) is 5.44. The molecule has 13 rings (SSSR count). The highest BCUT2D eigenvalue weighted by Gasteiger charge is 2.36. The lowest BCUT2D eigenvalue weighted by atomic mass is 9.86. The predicted molar refractivity (Wildman–Crippen MR) is 247 cm³/mol. The molecule has 282 valence electrons. The van der Waals surface area contributed by atoms with Gasteiger partial charge in [0.15, 0.2) is 0 Å². The Hall–Kier alpha value is -6.47. The van der Waals surface area contributed by atoms with E-state index < -0.39 is 0 Å². The van der Waals surface area contributed by atoms with Gasteiger partial charge in [0.1, 0.15) is 81.8 Å². The van der Waals surface area contributed by atoms with Gasteiger partial charge in [-0.05, 0) is 72.8 Å². The van der Waals surface area contributed by atoms with Crippen LogP contribution in [-0.2, 0) is 0 Å². The summed E-state index contributed by atoms with van der Waals surface area (Å²) in [6, 6.07) is 27.9. The van der Waals surface area contributed by atoms with Gasteiger partial charge in [0.2, 0.25) is 0 Å². The molecular formula is C43H19N11S6. The number of hydrogen-bond donors (Lipinski definition) is 0. The number of pyridine rings is 5. The molecule has 0 aliphatic rings. The Bertz CT molecular complexity index is 2980. The molecule has 0 saturated heterocycles. The molecule has 0 amide bonds. The average Bonchev–Trinajstić information content (AvgIpc) is 4.15. The van der Waals surface area contributed by atoms with Crippen molar-refractivity contribution in [2.45, 2.75) is 0 Å². The summed E-state index contributed by atoms with van der Waals surface area (Å²) in [5.41, 5.74) is 9.94. The van der Waals surface area contributed by atoms with Crippen LogP contribution in [0.4, 0.5) is 0 Å². The number of fused-ring (bicyclic) bond motifs is 6. The van der Waals surface area contributed by atoms with E-state index in [0.29, 0.717) is 0 Å². The van der Waals surface area contributed by atoms with E-state index in [9.17, 15) is 0 Å². The van der Waals surface area contributed by atoms with E-state index in [1.807, 2.05) is 85.2 Å². The number of nitrogens with zero attached hydrogens (tertiary/aromatic N) is 11. The normalized spacial score (nSPS) is 12.0. The van der Waals surface area contributed by atoms with Crippen molar-refractivity contribution in [3.05, 3.63) is 116 Å². The number of benzene rings is 2. The molecule has 0 N–H and O–H groups in total. The maximum Gasteiger partial charge on any atom is 0.143 e. The molecule has 0 bridgehead atoms. The van der Waals surface area contributed by atoms with Gasteiger partial charge in [-0.1, -0.05) is 68.8 Å². The molecule has 0 radical (unpaired) electrons. The lowest BCUT2D eigenvalue weighted by Gasteiger charge is -2.22. The summed E-state index contributed by atoms with van der Waals surface area (Å²) >= 11 is 9.32. The van der Waals surface area contributed by atoms with Crippen molar-refractivity contribution in [3.63, 3.8) is 0 Å². The molecule has 2 aromatic carbocycles. The summed E-state index contributed by atoms with van der Waals surface area (Å²) in [6.45, 7) is 0.